The van der Waals surface area contributed by atoms with E-state index in [1.165, 1.54) is 17.1 Å². The Balaban J connectivity index is 1.58. The van der Waals surface area contributed by atoms with Crippen LogP contribution in [0, 0.1) is 0 Å². The van der Waals surface area contributed by atoms with Crippen molar-refractivity contribution in [2.75, 3.05) is 30.5 Å². The minimum absolute atomic E-state index is 0.0752. The number of rotatable bonds is 9. The van der Waals surface area contributed by atoms with Crippen molar-refractivity contribution >= 4 is 15.7 Å². The summed E-state index contributed by atoms with van der Waals surface area (Å²) in [5.74, 6) is 0.809. The van der Waals surface area contributed by atoms with Crippen molar-refractivity contribution in [2.24, 2.45) is 0 Å². The maximum atomic E-state index is 13.8. The van der Waals surface area contributed by atoms with Gasteiger partial charge < -0.3 is 9.84 Å². The van der Waals surface area contributed by atoms with Crippen LogP contribution in [-0.4, -0.2) is 44.7 Å². The third-order valence-corrected chi connectivity index (χ3v) is 8.33. The standard InChI is InChI=1S/C29H36N2O4S/c1-29(2,3)24-9-15-28(16-10-24)36(33,34)31(22-23-7-6-8-26(32)21-23)25-11-13-27(14-12-25)35-20-19-30-17-4-5-18-30/h6-16,21,32H,4-5,17-20,22H2,1-3H3. The molecule has 0 bridgehead atoms. The van der Waals surface area contributed by atoms with Gasteiger partial charge in [-0.1, -0.05) is 45.0 Å². The van der Waals surface area contributed by atoms with Crippen molar-refractivity contribution < 1.29 is 18.3 Å². The second kappa shape index (κ2) is 10.9. The zero-order chi connectivity index (χ0) is 25.8. The molecular weight excluding hydrogens is 472 g/mol. The Hall–Kier alpha value is -3.03. The fourth-order valence-electron chi connectivity index (χ4n) is 4.40. The molecule has 0 aliphatic carbocycles. The van der Waals surface area contributed by atoms with E-state index in [2.05, 4.69) is 25.7 Å². The van der Waals surface area contributed by atoms with Gasteiger partial charge in [0.1, 0.15) is 18.1 Å². The number of aromatic hydroxyl groups is 1. The maximum Gasteiger partial charge on any atom is 0.264 e. The van der Waals surface area contributed by atoms with Crippen molar-refractivity contribution in [1.29, 1.82) is 0 Å². The van der Waals surface area contributed by atoms with Gasteiger partial charge in [-0.25, -0.2) is 8.42 Å². The van der Waals surface area contributed by atoms with Gasteiger partial charge in [0.2, 0.25) is 0 Å². The lowest BCUT2D eigenvalue weighted by Crippen LogP contribution is -2.30. The first-order valence-corrected chi connectivity index (χ1v) is 13.9. The van der Waals surface area contributed by atoms with Gasteiger partial charge in [-0.15, -0.1) is 0 Å². The summed E-state index contributed by atoms with van der Waals surface area (Å²) in [6.07, 6.45) is 2.49. The summed E-state index contributed by atoms with van der Waals surface area (Å²) in [4.78, 5) is 2.62. The van der Waals surface area contributed by atoms with Gasteiger partial charge in [-0.05, 0) is 91.0 Å². The molecule has 0 unspecified atom stereocenters. The largest absolute Gasteiger partial charge is 0.508 e. The van der Waals surface area contributed by atoms with Crippen LogP contribution in [-0.2, 0) is 22.0 Å². The second-order valence-corrected chi connectivity index (χ2v) is 12.2. The molecule has 36 heavy (non-hydrogen) atoms. The number of nitrogens with zero attached hydrogens (tertiary/aromatic N) is 2. The van der Waals surface area contributed by atoms with E-state index in [0.717, 1.165) is 25.2 Å². The predicted molar refractivity (Wildman–Crippen MR) is 144 cm³/mol. The van der Waals surface area contributed by atoms with Crippen LogP contribution in [0.3, 0.4) is 0 Å². The summed E-state index contributed by atoms with van der Waals surface area (Å²) in [5.41, 5.74) is 2.21. The highest BCUT2D eigenvalue weighted by molar-refractivity contribution is 7.92. The summed E-state index contributed by atoms with van der Waals surface area (Å²) >= 11 is 0. The Kier molecular flexibility index (Phi) is 7.91. The van der Waals surface area contributed by atoms with Crippen LogP contribution in [0.5, 0.6) is 11.5 Å². The van der Waals surface area contributed by atoms with Gasteiger partial charge in [0.15, 0.2) is 0 Å². The highest BCUT2D eigenvalue weighted by Crippen LogP contribution is 2.30. The van der Waals surface area contributed by atoms with Crippen molar-refractivity contribution in [3.8, 4) is 11.5 Å². The fourth-order valence-corrected chi connectivity index (χ4v) is 5.85. The molecule has 192 valence electrons. The van der Waals surface area contributed by atoms with E-state index in [1.807, 2.05) is 24.3 Å². The van der Waals surface area contributed by atoms with E-state index in [4.69, 9.17) is 4.74 Å². The zero-order valence-corrected chi connectivity index (χ0v) is 22.2. The molecule has 0 radical (unpaired) electrons. The highest BCUT2D eigenvalue weighted by atomic mass is 32.2. The molecule has 6 nitrogen and oxygen atoms in total. The molecule has 1 N–H and O–H groups in total. The smallest absolute Gasteiger partial charge is 0.264 e. The molecule has 1 aliphatic rings. The third kappa shape index (κ3) is 6.39. The molecule has 0 atom stereocenters. The van der Waals surface area contributed by atoms with Gasteiger partial charge in [0, 0.05) is 6.54 Å². The second-order valence-electron chi connectivity index (χ2n) is 10.3. The summed E-state index contributed by atoms with van der Waals surface area (Å²) in [7, 11) is -3.86. The molecule has 0 spiro atoms. The monoisotopic (exact) mass is 508 g/mol. The summed E-state index contributed by atoms with van der Waals surface area (Å²) < 4.78 is 34.9. The number of ether oxygens (including phenoxy) is 1. The quantitative estimate of drug-likeness (QED) is 0.410. The first kappa shape index (κ1) is 26.0. The molecule has 0 saturated carbocycles. The third-order valence-electron chi connectivity index (χ3n) is 6.54. The lowest BCUT2D eigenvalue weighted by atomic mass is 9.87. The van der Waals surface area contributed by atoms with Crippen molar-refractivity contribution in [3.63, 3.8) is 0 Å². The van der Waals surface area contributed by atoms with Gasteiger partial charge in [-0.3, -0.25) is 9.21 Å². The van der Waals surface area contributed by atoms with E-state index < -0.39 is 10.0 Å². The Morgan fingerprint density at radius 1 is 0.944 bits per heavy atom. The van der Waals surface area contributed by atoms with E-state index in [1.54, 1.807) is 48.5 Å². The Morgan fingerprint density at radius 2 is 1.61 bits per heavy atom. The number of hydrogen-bond donors (Lipinski definition) is 1. The lowest BCUT2D eigenvalue weighted by Gasteiger charge is -2.26. The number of likely N-dealkylation sites (tertiary alicyclic amines) is 1. The average Bonchev–Trinajstić information content (AvgIpc) is 3.36. The summed E-state index contributed by atoms with van der Waals surface area (Å²) in [6.45, 7) is 10.1. The molecule has 4 rings (SSSR count). The van der Waals surface area contributed by atoms with Crippen LogP contribution in [0.1, 0.15) is 44.7 Å². The lowest BCUT2D eigenvalue weighted by molar-refractivity contribution is 0.238. The number of phenols is 1. The minimum atomic E-state index is -3.86. The summed E-state index contributed by atoms with van der Waals surface area (Å²) in [6, 6.07) is 20.9. The molecule has 7 heteroatoms. The molecule has 3 aromatic carbocycles. The molecule has 1 saturated heterocycles. The topological polar surface area (TPSA) is 70.1 Å². The first-order valence-electron chi connectivity index (χ1n) is 12.5. The van der Waals surface area contributed by atoms with E-state index >= 15 is 0 Å². The Bertz CT molecular complexity index is 1240. The predicted octanol–water partition coefficient (Wildman–Crippen LogP) is 5.56. The summed E-state index contributed by atoms with van der Waals surface area (Å²) in [5, 5.41) is 9.93. The molecule has 1 fully saturated rings. The highest BCUT2D eigenvalue weighted by Gasteiger charge is 2.26. The number of phenolic OH excluding ortho intramolecular Hbond substituents is 1. The Labute approximate surface area is 215 Å². The normalized spacial score (nSPS) is 14.6. The van der Waals surface area contributed by atoms with E-state index in [9.17, 15) is 13.5 Å². The maximum absolute atomic E-state index is 13.8. The van der Waals surface area contributed by atoms with Gasteiger partial charge in [-0.2, -0.15) is 0 Å². The van der Waals surface area contributed by atoms with Crippen LogP contribution in [0.25, 0.3) is 0 Å². The van der Waals surface area contributed by atoms with E-state index in [-0.39, 0.29) is 22.6 Å². The molecule has 1 aliphatic heterocycles. The van der Waals surface area contributed by atoms with Crippen LogP contribution >= 0.6 is 0 Å². The van der Waals surface area contributed by atoms with Crippen LogP contribution in [0.2, 0.25) is 0 Å². The van der Waals surface area contributed by atoms with Gasteiger partial charge in [0.25, 0.3) is 10.0 Å². The first-order chi connectivity index (χ1) is 17.1. The van der Waals surface area contributed by atoms with Crippen molar-refractivity contribution in [2.45, 2.75) is 50.5 Å². The SMILES string of the molecule is CC(C)(C)c1ccc(S(=O)(=O)N(Cc2cccc(O)c2)c2ccc(OCCN3CCCC3)cc2)cc1. The van der Waals surface area contributed by atoms with Crippen LogP contribution in [0.4, 0.5) is 5.69 Å². The van der Waals surface area contributed by atoms with Gasteiger partial charge in [0.05, 0.1) is 17.1 Å². The Morgan fingerprint density at radius 3 is 2.22 bits per heavy atom. The van der Waals surface area contributed by atoms with Crippen molar-refractivity contribution in [1.82, 2.24) is 4.90 Å². The number of benzene rings is 3. The average molecular weight is 509 g/mol. The molecule has 0 amide bonds. The number of anilines is 1. The van der Waals surface area contributed by atoms with Gasteiger partial charge >= 0.3 is 0 Å². The van der Waals surface area contributed by atoms with Crippen LogP contribution in [0.15, 0.2) is 77.7 Å². The number of hydrogen-bond acceptors (Lipinski definition) is 5. The number of sulfonamides is 1. The minimum Gasteiger partial charge on any atom is -0.508 e. The zero-order valence-electron chi connectivity index (χ0n) is 21.4. The van der Waals surface area contributed by atoms with E-state index in [0.29, 0.717) is 23.6 Å². The molecule has 3 aromatic rings. The van der Waals surface area contributed by atoms with Crippen LogP contribution < -0.4 is 9.04 Å². The van der Waals surface area contributed by atoms with Crippen molar-refractivity contribution in [3.05, 3.63) is 83.9 Å². The molecular formula is C29H36N2O4S. The fraction of sp³-hybridized carbons (Fsp3) is 0.379. The molecule has 0 aromatic heterocycles. The molecule has 1 heterocycles.